The van der Waals surface area contributed by atoms with Gasteiger partial charge in [-0.2, -0.15) is 0 Å². The summed E-state index contributed by atoms with van der Waals surface area (Å²) in [5.41, 5.74) is 5.04. The Hall–Kier alpha value is -2.35. The molecule has 0 aromatic heterocycles. The van der Waals surface area contributed by atoms with E-state index in [0.29, 0.717) is 5.56 Å². The Morgan fingerprint density at radius 2 is 1.89 bits per heavy atom. The van der Waals surface area contributed by atoms with Crippen LogP contribution in [0.25, 0.3) is 11.6 Å². The lowest BCUT2D eigenvalue weighted by atomic mass is 10.0. The normalized spacial score (nSPS) is 13.0. The van der Waals surface area contributed by atoms with Crippen LogP contribution in [0.1, 0.15) is 27.0 Å². The van der Waals surface area contributed by atoms with Gasteiger partial charge in [0, 0.05) is 0 Å². The monoisotopic (exact) mass is 236 g/mol. The van der Waals surface area contributed by atoms with Crippen molar-refractivity contribution in [1.82, 2.24) is 0 Å². The average Bonchev–Trinajstić information content (AvgIpc) is 2.82. The maximum atomic E-state index is 11.0. The second kappa shape index (κ2) is 4.15. The summed E-state index contributed by atoms with van der Waals surface area (Å²) in [6.07, 6.45) is 3.01. The highest BCUT2D eigenvalue weighted by Gasteiger charge is 2.14. The van der Waals surface area contributed by atoms with Gasteiger partial charge >= 0.3 is 5.97 Å². The van der Waals surface area contributed by atoms with E-state index in [1.807, 2.05) is 18.2 Å². The van der Waals surface area contributed by atoms with Crippen LogP contribution in [0.3, 0.4) is 0 Å². The molecule has 88 valence electrons. The molecule has 18 heavy (non-hydrogen) atoms. The number of rotatable bonds is 2. The van der Waals surface area contributed by atoms with Gasteiger partial charge in [0.2, 0.25) is 0 Å². The lowest BCUT2D eigenvalue weighted by Gasteiger charge is -2.03. The van der Waals surface area contributed by atoms with Crippen LogP contribution < -0.4 is 0 Å². The van der Waals surface area contributed by atoms with Crippen LogP contribution in [-0.4, -0.2) is 11.1 Å². The minimum absolute atomic E-state index is 0.337. The summed E-state index contributed by atoms with van der Waals surface area (Å²) in [7, 11) is 0. The van der Waals surface area contributed by atoms with E-state index >= 15 is 0 Å². The van der Waals surface area contributed by atoms with E-state index < -0.39 is 5.97 Å². The van der Waals surface area contributed by atoms with E-state index in [-0.39, 0.29) is 0 Å². The third kappa shape index (κ3) is 1.82. The van der Waals surface area contributed by atoms with Gasteiger partial charge in [0.1, 0.15) is 0 Å². The van der Waals surface area contributed by atoms with E-state index in [1.165, 1.54) is 16.7 Å². The Morgan fingerprint density at radius 1 is 1.06 bits per heavy atom. The average molecular weight is 236 g/mol. The molecular formula is C16H12O2. The minimum atomic E-state index is -0.882. The van der Waals surface area contributed by atoms with Crippen LogP contribution in [0.15, 0.2) is 48.5 Å². The van der Waals surface area contributed by atoms with Crippen molar-refractivity contribution in [1.29, 1.82) is 0 Å². The van der Waals surface area contributed by atoms with Crippen LogP contribution in [-0.2, 0) is 6.42 Å². The maximum Gasteiger partial charge on any atom is 0.335 e. The molecule has 2 aromatic rings. The third-order valence-corrected chi connectivity index (χ3v) is 3.25. The highest BCUT2D eigenvalue weighted by molar-refractivity contribution is 5.92. The first kappa shape index (κ1) is 10.8. The smallest absolute Gasteiger partial charge is 0.335 e. The first-order chi connectivity index (χ1) is 8.74. The van der Waals surface area contributed by atoms with Crippen molar-refractivity contribution >= 4 is 17.6 Å². The minimum Gasteiger partial charge on any atom is -0.478 e. The van der Waals surface area contributed by atoms with Crippen molar-refractivity contribution in [2.75, 3.05) is 0 Å². The van der Waals surface area contributed by atoms with E-state index in [4.69, 9.17) is 5.11 Å². The quantitative estimate of drug-likeness (QED) is 0.866. The van der Waals surface area contributed by atoms with Crippen molar-refractivity contribution in [2.45, 2.75) is 6.42 Å². The fourth-order valence-electron chi connectivity index (χ4n) is 2.32. The Balaban J connectivity index is 1.99. The first-order valence-electron chi connectivity index (χ1n) is 5.86. The molecule has 0 fully saturated rings. The Labute approximate surface area is 105 Å². The van der Waals surface area contributed by atoms with Gasteiger partial charge < -0.3 is 5.11 Å². The molecule has 0 aliphatic heterocycles. The molecule has 0 radical (unpaired) electrons. The Morgan fingerprint density at radius 3 is 2.67 bits per heavy atom. The maximum absolute atomic E-state index is 11.0. The number of hydrogen-bond donors (Lipinski definition) is 1. The first-order valence-corrected chi connectivity index (χ1v) is 5.86. The second-order valence-corrected chi connectivity index (χ2v) is 4.43. The summed E-state index contributed by atoms with van der Waals surface area (Å²) >= 11 is 0. The predicted octanol–water partition coefficient (Wildman–Crippen LogP) is 3.48. The number of fused-ring (bicyclic) bond motifs is 1. The van der Waals surface area contributed by atoms with Gasteiger partial charge in [-0.1, -0.05) is 42.5 Å². The van der Waals surface area contributed by atoms with Crippen molar-refractivity contribution in [3.05, 3.63) is 70.8 Å². The summed E-state index contributed by atoms with van der Waals surface area (Å²) in [6.45, 7) is 0. The molecule has 0 bridgehead atoms. The zero-order chi connectivity index (χ0) is 12.5. The van der Waals surface area contributed by atoms with Gasteiger partial charge in [0.25, 0.3) is 0 Å². The number of benzene rings is 2. The Kier molecular flexibility index (Phi) is 2.49. The molecule has 0 atom stereocenters. The zero-order valence-corrected chi connectivity index (χ0v) is 9.76. The second-order valence-electron chi connectivity index (χ2n) is 4.43. The third-order valence-electron chi connectivity index (χ3n) is 3.25. The summed E-state index contributed by atoms with van der Waals surface area (Å²) in [5, 5.41) is 9.01. The number of carboxylic acid groups (broad SMARTS) is 1. The fourth-order valence-corrected chi connectivity index (χ4v) is 2.32. The van der Waals surface area contributed by atoms with E-state index in [2.05, 4.69) is 18.2 Å². The van der Waals surface area contributed by atoms with Gasteiger partial charge in [0.15, 0.2) is 0 Å². The van der Waals surface area contributed by atoms with Crippen LogP contribution >= 0.6 is 0 Å². The summed E-state index contributed by atoms with van der Waals surface area (Å²) < 4.78 is 0. The summed E-state index contributed by atoms with van der Waals surface area (Å²) in [4.78, 5) is 11.0. The molecule has 3 rings (SSSR count). The summed E-state index contributed by atoms with van der Waals surface area (Å²) in [6, 6.07) is 15.4. The Bertz CT molecular complexity index is 654. The summed E-state index contributed by atoms with van der Waals surface area (Å²) in [5.74, 6) is -0.882. The highest BCUT2D eigenvalue weighted by atomic mass is 16.4. The van der Waals surface area contributed by atoms with Crippen LogP contribution in [0, 0.1) is 0 Å². The van der Waals surface area contributed by atoms with E-state index in [9.17, 15) is 4.79 Å². The molecule has 2 heteroatoms. The molecule has 0 saturated heterocycles. The molecular weight excluding hydrogens is 224 g/mol. The van der Waals surface area contributed by atoms with Crippen LogP contribution in [0.2, 0.25) is 0 Å². The molecule has 1 aliphatic carbocycles. The van der Waals surface area contributed by atoms with Gasteiger partial charge in [-0.25, -0.2) is 4.79 Å². The zero-order valence-electron chi connectivity index (χ0n) is 9.76. The lowest BCUT2D eigenvalue weighted by molar-refractivity contribution is 0.0697. The molecule has 2 aromatic carbocycles. The molecule has 0 unspecified atom stereocenters. The molecule has 0 saturated carbocycles. The van der Waals surface area contributed by atoms with E-state index in [1.54, 1.807) is 18.2 Å². The molecule has 0 heterocycles. The molecule has 0 spiro atoms. The largest absolute Gasteiger partial charge is 0.478 e. The van der Waals surface area contributed by atoms with Crippen molar-refractivity contribution in [3.8, 4) is 0 Å². The van der Waals surface area contributed by atoms with Crippen LogP contribution in [0.5, 0.6) is 0 Å². The van der Waals surface area contributed by atoms with Gasteiger partial charge in [-0.15, -0.1) is 0 Å². The number of carbonyl (C=O) groups is 1. The molecule has 2 nitrogen and oxygen atoms in total. The number of carboxylic acids is 1. The molecule has 1 aliphatic rings. The number of aromatic carboxylic acids is 1. The van der Waals surface area contributed by atoms with Gasteiger partial charge in [0.05, 0.1) is 5.56 Å². The van der Waals surface area contributed by atoms with Crippen molar-refractivity contribution in [3.63, 3.8) is 0 Å². The number of hydrogen-bond acceptors (Lipinski definition) is 1. The van der Waals surface area contributed by atoms with Gasteiger partial charge in [-0.3, -0.25) is 0 Å². The topological polar surface area (TPSA) is 37.3 Å². The molecule has 0 amide bonds. The predicted molar refractivity (Wildman–Crippen MR) is 71.4 cm³/mol. The standard InChI is InChI=1S/C16H12O2/c17-16(18)14-7-3-6-13(8-14)15-9-11-4-1-2-5-12(11)10-15/h1-9H,10H2,(H,17,18). The highest BCUT2D eigenvalue weighted by Crippen LogP contribution is 2.31. The van der Waals surface area contributed by atoms with Crippen molar-refractivity contribution < 1.29 is 9.90 Å². The molecule has 1 N–H and O–H groups in total. The van der Waals surface area contributed by atoms with E-state index in [0.717, 1.165) is 12.0 Å². The fraction of sp³-hybridized carbons (Fsp3) is 0.0625. The lowest BCUT2D eigenvalue weighted by Crippen LogP contribution is -1.97. The SMILES string of the molecule is O=C(O)c1cccc(C2=Cc3ccccc3C2)c1. The number of allylic oxidation sites excluding steroid dienone is 1. The van der Waals surface area contributed by atoms with Crippen molar-refractivity contribution in [2.24, 2.45) is 0 Å². The van der Waals surface area contributed by atoms with Crippen LogP contribution in [0.4, 0.5) is 0 Å². The van der Waals surface area contributed by atoms with Gasteiger partial charge in [-0.05, 0) is 40.8 Å².